The van der Waals surface area contributed by atoms with Crippen molar-refractivity contribution in [1.29, 1.82) is 0 Å². The van der Waals surface area contributed by atoms with Crippen molar-refractivity contribution in [3.05, 3.63) is 0 Å². The second-order valence-corrected chi connectivity index (χ2v) is 6.83. The zero-order chi connectivity index (χ0) is 10.9. The Hall–Kier alpha value is -0.330. The van der Waals surface area contributed by atoms with Gasteiger partial charge in [-0.05, 0) is 42.4 Å². The Labute approximate surface area is 92.6 Å². The fraction of sp³-hybridized carbons (Fsp3) is 0.929. The van der Waals surface area contributed by atoms with E-state index in [0.29, 0.717) is 17.1 Å². The van der Waals surface area contributed by atoms with Gasteiger partial charge in [0.15, 0.2) is 0 Å². The van der Waals surface area contributed by atoms with Crippen LogP contribution >= 0.6 is 0 Å². The molecule has 0 bridgehead atoms. The molecule has 3 aliphatic carbocycles. The average molecular weight is 206 g/mol. The number of rotatable bonds is 0. The highest BCUT2D eigenvalue weighted by molar-refractivity contribution is 5.90. The molecule has 0 aromatic rings. The summed E-state index contributed by atoms with van der Waals surface area (Å²) in [5, 5.41) is 0. The van der Waals surface area contributed by atoms with Crippen LogP contribution in [-0.4, -0.2) is 5.78 Å². The van der Waals surface area contributed by atoms with Crippen LogP contribution in [0.2, 0.25) is 0 Å². The fourth-order valence-electron chi connectivity index (χ4n) is 5.60. The van der Waals surface area contributed by atoms with Crippen LogP contribution in [0.25, 0.3) is 0 Å². The van der Waals surface area contributed by atoms with Crippen molar-refractivity contribution in [3.63, 3.8) is 0 Å². The van der Waals surface area contributed by atoms with Gasteiger partial charge in [-0.25, -0.2) is 0 Å². The Morgan fingerprint density at radius 1 is 1.20 bits per heavy atom. The normalized spacial score (nSPS) is 51.9. The first kappa shape index (κ1) is 9.86. The molecule has 3 atom stereocenters. The molecule has 3 saturated carbocycles. The number of carbonyl (C=O) groups is 1. The molecular formula is C14H22O. The molecule has 3 fully saturated rings. The monoisotopic (exact) mass is 206 g/mol. The van der Waals surface area contributed by atoms with Gasteiger partial charge in [-0.15, -0.1) is 0 Å². The number of Topliss-reactive ketones (excluding diaryl/α,β-unsaturated/α-hetero) is 1. The Morgan fingerprint density at radius 2 is 1.93 bits per heavy atom. The maximum absolute atomic E-state index is 12.5. The molecule has 84 valence electrons. The molecule has 1 heteroatoms. The van der Waals surface area contributed by atoms with Crippen LogP contribution in [0, 0.1) is 22.2 Å². The summed E-state index contributed by atoms with van der Waals surface area (Å²) in [6.07, 6.45) is 7.24. The van der Waals surface area contributed by atoms with Crippen molar-refractivity contribution in [2.24, 2.45) is 22.2 Å². The minimum atomic E-state index is 0.108. The smallest absolute Gasteiger partial charge is 0.140 e. The van der Waals surface area contributed by atoms with Crippen LogP contribution in [0.3, 0.4) is 0 Å². The third-order valence-electron chi connectivity index (χ3n) is 6.27. The molecule has 0 heterocycles. The summed E-state index contributed by atoms with van der Waals surface area (Å²) >= 11 is 0. The Bertz CT molecular complexity index is 330. The van der Waals surface area contributed by atoms with E-state index in [1.165, 1.54) is 32.1 Å². The van der Waals surface area contributed by atoms with Gasteiger partial charge in [0.2, 0.25) is 0 Å². The summed E-state index contributed by atoms with van der Waals surface area (Å²) in [7, 11) is 0. The van der Waals surface area contributed by atoms with Gasteiger partial charge in [-0.3, -0.25) is 4.79 Å². The molecule has 0 aromatic carbocycles. The van der Waals surface area contributed by atoms with E-state index in [-0.39, 0.29) is 10.8 Å². The SMILES string of the molecule is C[C@@H]1CC[C@@]23CCC[C@]12C(=O)CC3(C)C. The van der Waals surface area contributed by atoms with Gasteiger partial charge >= 0.3 is 0 Å². The molecule has 15 heavy (non-hydrogen) atoms. The minimum absolute atomic E-state index is 0.108. The lowest BCUT2D eigenvalue weighted by atomic mass is 9.59. The largest absolute Gasteiger partial charge is 0.299 e. The predicted molar refractivity (Wildman–Crippen MR) is 60.5 cm³/mol. The standard InChI is InChI=1S/C14H22O/c1-10-5-8-13-6-4-7-14(10,13)11(15)9-12(13,2)3/h10H,4-9H2,1-3H3/t10-,13-,14-/m1/s1. The Balaban J connectivity index is 2.21. The number of ketones is 1. The second-order valence-electron chi connectivity index (χ2n) is 6.83. The van der Waals surface area contributed by atoms with Gasteiger partial charge < -0.3 is 0 Å². The van der Waals surface area contributed by atoms with E-state index >= 15 is 0 Å². The highest BCUT2D eigenvalue weighted by Gasteiger charge is 2.73. The fourth-order valence-corrected chi connectivity index (χ4v) is 5.60. The maximum Gasteiger partial charge on any atom is 0.140 e. The zero-order valence-electron chi connectivity index (χ0n) is 10.2. The van der Waals surface area contributed by atoms with E-state index < -0.39 is 0 Å². The lowest BCUT2D eigenvalue weighted by molar-refractivity contribution is -0.129. The first-order valence-electron chi connectivity index (χ1n) is 6.50. The van der Waals surface area contributed by atoms with Gasteiger partial charge in [0.05, 0.1) is 0 Å². The highest BCUT2D eigenvalue weighted by atomic mass is 16.1. The molecule has 0 aliphatic heterocycles. The van der Waals surface area contributed by atoms with Crippen molar-refractivity contribution in [1.82, 2.24) is 0 Å². The van der Waals surface area contributed by atoms with Crippen LogP contribution in [0.5, 0.6) is 0 Å². The van der Waals surface area contributed by atoms with Gasteiger partial charge in [-0.1, -0.05) is 27.2 Å². The van der Waals surface area contributed by atoms with Crippen molar-refractivity contribution in [3.8, 4) is 0 Å². The molecule has 0 amide bonds. The molecule has 0 saturated heterocycles. The van der Waals surface area contributed by atoms with Crippen LogP contribution in [0.1, 0.15) is 59.3 Å². The molecule has 0 unspecified atom stereocenters. The molecule has 0 spiro atoms. The summed E-state index contributed by atoms with van der Waals surface area (Å²) in [5.41, 5.74) is 0.762. The molecular weight excluding hydrogens is 184 g/mol. The van der Waals surface area contributed by atoms with Crippen LogP contribution in [0.4, 0.5) is 0 Å². The van der Waals surface area contributed by atoms with Crippen molar-refractivity contribution in [2.45, 2.75) is 59.3 Å². The van der Waals surface area contributed by atoms with E-state index in [0.717, 1.165) is 6.42 Å². The van der Waals surface area contributed by atoms with Crippen LogP contribution in [0.15, 0.2) is 0 Å². The third kappa shape index (κ3) is 0.786. The highest BCUT2D eigenvalue weighted by Crippen LogP contribution is 2.77. The lowest BCUT2D eigenvalue weighted by Crippen LogP contribution is -2.41. The van der Waals surface area contributed by atoms with Gasteiger partial charge in [0.25, 0.3) is 0 Å². The van der Waals surface area contributed by atoms with Crippen molar-refractivity contribution >= 4 is 5.78 Å². The lowest BCUT2D eigenvalue weighted by Gasteiger charge is -2.43. The summed E-state index contributed by atoms with van der Waals surface area (Å²) in [6, 6.07) is 0. The molecule has 1 nitrogen and oxygen atoms in total. The molecule has 3 rings (SSSR count). The number of hydrogen-bond acceptors (Lipinski definition) is 1. The molecule has 0 radical (unpaired) electrons. The first-order valence-corrected chi connectivity index (χ1v) is 6.50. The van der Waals surface area contributed by atoms with Crippen LogP contribution in [-0.2, 0) is 4.79 Å². The molecule has 0 N–H and O–H groups in total. The van der Waals surface area contributed by atoms with E-state index in [1.807, 2.05) is 0 Å². The Morgan fingerprint density at radius 3 is 2.60 bits per heavy atom. The zero-order valence-corrected chi connectivity index (χ0v) is 10.2. The number of hydrogen-bond donors (Lipinski definition) is 0. The summed E-state index contributed by atoms with van der Waals surface area (Å²) in [5.74, 6) is 1.25. The summed E-state index contributed by atoms with van der Waals surface area (Å²) in [6.45, 7) is 7.01. The first-order chi connectivity index (χ1) is 6.96. The van der Waals surface area contributed by atoms with Gasteiger partial charge in [0, 0.05) is 11.8 Å². The van der Waals surface area contributed by atoms with E-state index in [1.54, 1.807) is 0 Å². The maximum atomic E-state index is 12.5. The van der Waals surface area contributed by atoms with E-state index in [2.05, 4.69) is 20.8 Å². The van der Waals surface area contributed by atoms with E-state index in [9.17, 15) is 4.79 Å². The topological polar surface area (TPSA) is 17.1 Å². The number of carbonyl (C=O) groups excluding carboxylic acids is 1. The van der Waals surface area contributed by atoms with Crippen molar-refractivity contribution in [2.75, 3.05) is 0 Å². The van der Waals surface area contributed by atoms with E-state index in [4.69, 9.17) is 0 Å². The molecule has 0 aromatic heterocycles. The third-order valence-corrected chi connectivity index (χ3v) is 6.27. The molecule has 3 aliphatic rings. The predicted octanol–water partition coefficient (Wildman–Crippen LogP) is 3.57. The van der Waals surface area contributed by atoms with Crippen LogP contribution < -0.4 is 0 Å². The quantitative estimate of drug-likeness (QED) is 0.592. The Kier molecular flexibility index (Phi) is 1.64. The summed E-state index contributed by atoms with van der Waals surface area (Å²) in [4.78, 5) is 12.5. The van der Waals surface area contributed by atoms with Gasteiger partial charge in [0.1, 0.15) is 5.78 Å². The minimum Gasteiger partial charge on any atom is -0.299 e. The average Bonchev–Trinajstić information content (AvgIpc) is 2.68. The van der Waals surface area contributed by atoms with Crippen molar-refractivity contribution < 1.29 is 4.79 Å². The second kappa shape index (κ2) is 2.49. The van der Waals surface area contributed by atoms with Gasteiger partial charge in [-0.2, -0.15) is 0 Å². The summed E-state index contributed by atoms with van der Waals surface area (Å²) < 4.78 is 0.